The summed E-state index contributed by atoms with van der Waals surface area (Å²) < 4.78 is 0. The third-order valence-corrected chi connectivity index (χ3v) is 6.16. The molecule has 0 radical (unpaired) electrons. The molecular weight excluding hydrogens is 336 g/mol. The van der Waals surface area contributed by atoms with Gasteiger partial charge in [0.15, 0.2) is 0 Å². The van der Waals surface area contributed by atoms with Gasteiger partial charge in [-0.2, -0.15) is 0 Å². The Morgan fingerprint density at radius 3 is 2.67 bits per heavy atom. The van der Waals surface area contributed by atoms with Crippen LogP contribution in [-0.4, -0.2) is 48.3 Å². The molecule has 0 N–H and O–H groups in total. The summed E-state index contributed by atoms with van der Waals surface area (Å²) in [4.78, 5) is 29.5. The van der Waals surface area contributed by atoms with Crippen LogP contribution in [0.15, 0.2) is 48.5 Å². The van der Waals surface area contributed by atoms with E-state index in [-0.39, 0.29) is 17.2 Å². The Bertz CT molecular complexity index is 891. The maximum Gasteiger partial charge on any atom is 0.253 e. The molecule has 140 valence electrons. The van der Waals surface area contributed by atoms with E-state index in [1.165, 1.54) is 5.56 Å². The fourth-order valence-electron chi connectivity index (χ4n) is 4.59. The maximum atomic E-state index is 13.1. The lowest BCUT2D eigenvalue weighted by Gasteiger charge is -2.37. The Hall–Kier alpha value is -2.62. The first-order valence-corrected chi connectivity index (χ1v) is 9.71. The second-order valence-electron chi connectivity index (χ2n) is 7.98. The van der Waals surface area contributed by atoms with Gasteiger partial charge in [0, 0.05) is 32.2 Å². The zero-order valence-corrected chi connectivity index (χ0v) is 16.1. The molecule has 2 fully saturated rings. The van der Waals surface area contributed by atoms with Crippen LogP contribution in [0.25, 0.3) is 11.1 Å². The van der Waals surface area contributed by atoms with E-state index in [9.17, 15) is 9.59 Å². The minimum atomic E-state index is -0.365. The van der Waals surface area contributed by atoms with Crippen molar-refractivity contribution in [1.82, 2.24) is 9.80 Å². The first-order chi connectivity index (χ1) is 13.0. The Morgan fingerprint density at radius 2 is 1.85 bits per heavy atom. The molecule has 2 heterocycles. The fourth-order valence-corrected chi connectivity index (χ4v) is 4.59. The maximum absolute atomic E-state index is 13.1. The lowest BCUT2D eigenvalue weighted by atomic mass is 9.78. The molecule has 2 aliphatic heterocycles. The standard InChI is InChI=1S/C23H26N2O2/c1-17-7-3-4-10-20(17)18-8-5-9-19(15-18)21(26)25-14-12-23(16-25)11-6-13-24(2)22(23)27/h3-5,7-10,15H,6,11-14,16H2,1-2H3. The lowest BCUT2D eigenvalue weighted by molar-refractivity contribution is -0.143. The van der Waals surface area contributed by atoms with E-state index < -0.39 is 0 Å². The van der Waals surface area contributed by atoms with E-state index in [4.69, 9.17) is 0 Å². The average Bonchev–Trinajstić information content (AvgIpc) is 3.11. The number of benzene rings is 2. The van der Waals surface area contributed by atoms with Crippen LogP contribution in [0, 0.1) is 12.3 Å². The second kappa shape index (κ2) is 6.84. The first-order valence-electron chi connectivity index (χ1n) is 9.71. The van der Waals surface area contributed by atoms with Gasteiger partial charge in [-0.15, -0.1) is 0 Å². The van der Waals surface area contributed by atoms with Crippen molar-refractivity contribution >= 4 is 11.8 Å². The third kappa shape index (κ3) is 3.14. The van der Waals surface area contributed by atoms with Gasteiger partial charge >= 0.3 is 0 Å². The summed E-state index contributed by atoms with van der Waals surface area (Å²) in [5, 5.41) is 0. The molecule has 1 unspecified atom stereocenters. The van der Waals surface area contributed by atoms with Gasteiger partial charge in [-0.05, 0) is 55.0 Å². The van der Waals surface area contributed by atoms with Crippen molar-refractivity contribution in [3.05, 3.63) is 59.7 Å². The zero-order valence-electron chi connectivity index (χ0n) is 16.1. The van der Waals surface area contributed by atoms with Crippen molar-refractivity contribution in [2.75, 3.05) is 26.7 Å². The number of likely N-dealkylation sites (tertiary alicyclic amines) is 2. The van der Waals surface area contributed by atoms with Gasteiger partial charge in [-0.1, -0.05) is 36.4 Å². The summed E-state index contributed by atoms with van der Waals surface area (Å²) in [6.07, 6.45) is 2.69. The number of hydrogen-bond donors (Lipinski definition) is 0. The monoisotopic (exact) mass is 362 g/mol. The number of rotatable bonds is 2. The van der Waals surface area contributed by atoms with E-state index >= 15 is 0 Å². The Kier molecular flexibility index (Phi) is 4.50. The molecule has 1 spiro atoms. The van der Waals surface area contributed by atoms with E-state index in [2.05, 4.69) is 19.1 Å². The van der Waals surface area contributed by atoms with E-state index in [1.807, 2.05) is 53.2 Å². The fraction of sp³-hybridized carbons (Fsp3) is 0.391. The SMILES string of the molecule is Cc1ccccc1-c1cccc(C(=O)N2CCC3(CCCN(C)C3=O)C2)c1. The number of amides is 2. The molecule has 2 aromatic rings. The molecule has 2 aliphatic rings. The topological polar surface area (TPSA) is 40.6 Å². The highest BCUT2D eigenvalue weighted by atomic mass is 16.2. The number of aryl methyl sites for hydroxylation is 1. The third-order valence-electron chi connectivity index (χ3n) is 6.16. The summed E-state index contributed by atoms with van der Waals surface area (Å²) in [6, 6.07) is 16.1. The second-order valence-corrected chi connectivity index (χ2v) is 7.98. The number of nitrogens with zero attached hydrogens (tertiary/aromatic N) is 2. The van der Waals surface area contributed by atoms with Gasteiger partial charge in [0.2, 0.25) is 5.91 Å². The van der Waals surface area contributed by atoms with Crippen LogP contribution >= 0.6 is 0 Å². The smallest absolute Gasteiger partial charge is 0.253 e. The molecule has 2 saturated heterocycles. The van der Waals surface area contributed by atoms with Gasteiger partial charge in [0.1, 0.15) is 0 Å². The highest BCUT2D eigenvalue weighted by molar-refractivity contribution is 5.96. The molecule has 0 bridgehead atoms. The van der Waals surface area contributed by atoms with Gasteiger partial charge in [0.05, 0.1) is 5.41 Å². The Morgan fingerprint density at radius 1 is 1.04 bits per heavy atom. The largest absolute Gasteiger partial charge is 0.345 e. The predicted octanol–water partition coefficient (Wildman–Crippen LogP) is 3.75. The van der Waals surface area contributed by atoms with Crippen molar-refractivity contribution in [3.8, 4) is 11.1 Å². The van der Waals surface area contributed by atoms with E-state index in [0.29, 0.717) is 18.7 Å². The van der Waals surface area contributed by atoms with Crippen LogP contribution in [0.4, 0.5) is 0 Å². The molecule has 1 atom stereocenters. The summed E-state index contributed by atoms with van der Waals surface area (Å²) in [6.45, 7) is 4.11. The Labute approximate surface area is 160 Å². The normalized spacial score (nSPS) is 22.5. The number of carbonyl (C=O) groups is 2. The van der Waals surface area contributed by atoms with Crippen molar-refractivity contribution in [3.63, 3.8) is 0 Å². The van der Waals surface area contributed by atoms with Gasteiger partial charge in [0.25, 0.3) is 5.91 Å². The summed E-state index contributed by atoms with van der Waals surface area (Å²) in [5.41, 5.74) is 3.73. The zero-order chi connectivity index (χ0) is 19.0. The molecule has 27 heavy (non-hydrogen) atoms. The van der Waals surface area contributed by atoms with Crippen LogP contribution < -0.4 is 0 Å². The quantitative estimate of drug-likeness (QED) is 0.816. The van der Waals surface area contributed by atoms with Crippen LogP contribution in [0.2, 0.25) is 0 Å². The molecule has 4 nitrogen and oxygen atoms in total. The van der Waals surface area contributed by atoms with Crippen LogP contribution in [-0.2, 0) is 4.79 Å². The summed E-state index contributed by atoms with van der Waals surface area (Å²) in [5.74, 6) is 0.237. The number of hydrogen-bond acceptors (Lipinski definition) is 2. The van der Waals surface area contributed by atoms with Crippen molar-refractivity contribution in [2.24, 2.45) is 5.41 Å². The highest BCUT2D eigenvalue weighted by Crippen LogP contribution is 2.40. The van der Waals surface area contributed by atoms with Gasteiger partial charge < -0.3 is 9.80 Å². The average molecular weight is 362 g/mol. The van der Waals surface area contributed by atoms with Gasteiger partial charge in [-0.25, -0.2) is 0 Å². The number of carbonyl (C=O) groups excluding carboxylic acids is 2. The molecule has 4 heteroatoms. The van der Waals surface area contributed by atoms with E-state index in [1.54, 1.807) is 0 Å². The predicted molar refractivity (Wildman–Crippen MR) is 106 cm³/mol. The molecule has 0 aromatic heterocycles. The Balaban J connectivity index is 1.57. The molecule has 2 aromatic carbocycles. The van der Waals surface area contributed by atoms with Crippen molar-refractivity contribution in [2.45, 2.75) is 26.2 Å². The van der Waals surface area contributed by atoms with Crippen molar-refractivity contribution in [1.29, 1.82) is 0 Å². The summed E-state index contributed by atoms with van der Waals surface area (Å²) in [7, 11) is 1.87. The first kappa shape index (κ1) is 17.8. The molecule has 0 aliphatic carbocycles. The van der Waals surface area contributed by atoms with E-state index in [0.717, 1.165) is 36.9 Å². The number of piperidine rings is 1. The van der Waals surface area contributed by atoms with Gasteiger partial charge in [-0.3, -0.25) is 9.59 Å². The van der Waals surface area contributed by atoms with Crippen LogP contribution in [0.1, 0.15) is 35.2 Å². The molecular formula is C23H26N2O2. The van der Waals surface area contributed by atoms with Crippen molar-refractivity contribution < 1.29 is 9.59 Å². The summed E-state index contributed by atoms with van der Waals surface area (Å²) >= 11 is 0. The highest BCUT2D eigenvalue weighted by Gasteiger charge is 2.48. The molecule has 2 amide bonds. The minimum absolute atomic E-state index is 0.0309. The lowest BCUT2D eigenvalue weighted by Crippen LogP contribution is -2.48. The molecule has 0 saturated carbocycles. The molecule has 4 rings (SSSR count). The van der Waals surface area contributed by atoms with Crippen LogP contribution in [0.3, 0.4) is 0 Å². The van der Waals surface area contributed by atoms with Crippen LogP contribution in [0.5, 0.6) is 0 Å². The minimum Gasteiger partial charge on any atom is -0.345 e.